The molecule has 0 spiro atoms. The number of fused-ring (bicyclic) bond motifs is 1. The maximum absolute atomic E-state index is 12.2. The Balaban J connectivity index is 2.40. The zero-order valence-corrected chi connectivity index (χ0v) is 11.8. The quantitative estimate of drug-likeness (QED) is 0.684. The number of hydrogen-bond donors (Lipinski definition) is 2. The van der Waals surface area contributed by atoms with Gasteiger partial charge in [0.25, 0.3) is 5.56 Å². The van der Waals surface area contributed by atoms with Gasteiger partial charge in [-0.05, 0) is 26.0 Å². The zero-order valence-electron chi connectivity index (χ0n) is 11.8. The van der Waals surface area contributed by atoms with Gasteiger partial charge in [-0.1, -0.05) is 23.8 Å². The predicted molar refractivity (Wildman–Crippen MR) is 81.9 cm³/mol. The summed E-state index contributed by atoms with van der Waals surface area (Å²) in [6.07, 6.45) is 3.88. The molecule has 0 aliphatic heterocycles. The number of hydrogen-bond acceptors (Lipinski definition) is 1. The number of aryl methyl sites for hydroxylation is 1. The molecule has 4 heteroatoms. The Kier molecular flexibility index (Phi) is 2.86. The van der Waals surface area contributed by atoms with Gasteiger partial charge in [0, 0.05) is 29.7 Å². The molecule has 0 fully saturated rings. The molecule has 0 aliphatic carbocycles. The van der Waals surface area contributed by atoms with Crippen molar-refractivity contribution in [2.45, 2.75) is 13.8 Å². The number of benzene rings is 1. The molecule has 0 saturated carbocycles. The average molecular weight is 267 g/mol. The fourth-order valence-electron chi connectivity index (χ4n) is 2.45. The SMILES string of the molecule is CC(C)=c1[nH]n(C)c(=O)c1=Cc1c[nH]c2ccccc12. The summed E-state index contributed by atoms with van der Waals surface area (Å²) in [7, 11) is 1.74. The Morgan fingerprint density at radius 2 is 2.00 bits per heavy atom. The van der Waals surface area contributed by atoms with E-state index in [-0.39, 0.29) is 5.56 Å². The van der Waals surface area contributed by atoms with E-state index in [2.05, 4.69) is 16.1 Å². The molecule has 0 radical (unpaired) electrons. The summed E-state index contributed by atoms with van der Waals surface area (Å²) in [4.78, 5) is 15.5. The van der Waals surface area contributed by atoms with Crippen LogP contribution < -0.4 is 16.1 Å². The molecule has 0 aliphatic rings. The van der Waals surface area contributed by atoms with Crippen LogP contribution in [0.3, 0.4) is 0 Å². The molecule has 2 heterocycles. The Morgan fingerprint density at radius 1 is 1.25 bits per heavy atom. The standard InChI is InChI=1S/C16H17N3O/c1-10(2)15-13(16(20)19(3)18-15)8-11-9-17-14-7-5-4-6-12(11)14/h4-9,17-18H,1-3H3. The summed E-state index contributed by atoms with van der Waals surface area (Å²) in [5, 5.41) is 5.82. The molecule has 1 aromatic carbocycles. The molecule has 20 heavy (non-hydrogen) atoms. The Bertz CT molecular complexity index is 950. The van der Waals surface area contributed by atoms with Gasteiger partial charge in [-0.3, -0.25) is 14.6 Å². The first-order chi connectivity index (χ1) is 9.58. The normalized spacial score (nSPS) is 12.2. The maximum atomic E-state index is 12.2. The van der Waals surface area contributed by atoms with E-state index in [1.54, 1.807) is 7.05 Å². The van der Waals surface area contributed by atoms with E-state index in [9.17, 15) is 4.79 Å². The van der Waals surface area contributed by atoms with E-state index in [1.807, 2.05) is 44.3 Å². The highest BCUT2D eigenvalue weighted by Gasteiger charge is 2.04. The summed E-state index contributed by atoms with van der Waals surface area (Å²) in [5.41, 5.74) is 3.19. The number of H-pyrrole nitrogens is 2. The van der Waals surface area contributed by atoms with E-state index < -0.39 is 0 Å². The Hall–Kier alpha value is -2.49. The Morgan fingerprint density at radius 3 is 2.75 bits per heavy atom. The van der Waals surface area contributed by atoms with Gasteiger partial charge in [0.1, 0.15) is 0 Å². The molecular formula is C16H17N3O. The minimum Gasteiger partial charge on any atom is -0.361 e. The van der Waals surface area contributed by atoms with Crippen LogP contribution in [0, 0.1) is 0 Å². The minimum absolute atomic E-state index is 0.00789. The van der Waals surface area contributed by atoms with Crippen LogP contribution in [0.2, 0.25) is 0 Å². The summed E-state index contributed by atoms with van der Waals surface area (Å²) in [6, 6.07) is 8.07. The van der Waals surface area contributed by atoms with Crippen molar-refractivity contribution in [2.75, 3.05) is 0 Å². The van der Waals surface area contributed by atoms with Crippen molar-refractivity contribution in [3.63, 3.8) is 0 Å². The van der Waals surface area contributed by atoms with Gasteiger partial charge >= 0.3 is 0 Å². The molecule has 0 unspecified atom stereocenters. The molecule has 3 rings (SSSR count). The molecule has 0 atom stereocenters. The van der Waals surface area contributed by atoms with Gasteiger partial charge in [-0.25, -0.2) is 0 Å². The van der Waals surface area contributed by atoms with Gasteiger partial charge in [0.05, 0.1) is 10.6 Å². The van der Waals surface area contributed by atoms with Crippen molar-refractivity contribution < 1.29 is 0 Å². The number of nitrogens with zero attached hydrogens (tertiary/aromatic N) is 1. The van der Waals surface area contributed by atoms with Crippen LogP contribution in [-0.2, 0) is 7.05 Å². The smallest absolute Gasteiger partial charge is 0.274 e. The average Bonchev–Trinajstić information content (AvgIpc) is 2.96. The summed E-state index contributed by atoms with van der Waals surface area (Å²) < 4.78 is 1.52. The van der Waals surface area contributed by atoms with Crippen LogP contribution in [0.5, 0.6) is 0 Å². The van der Waals surface area contributed by atoms with E-state index in [0.717, 1.165) is 27.4 Å². The molecule has 0 amide bonds. The van der Waals surface area contributed by atoms with Crippen LogP contribution in [0.15, 0.2) is 35.3 Å². The molecule has 2 aromatic heterocycles. The predicted octanol–water partition coefficient (Wildman–Crippen LogP) is 1.21. The van der Waals surface area contributed by atoms with Gasteiger partial charge in [0.15, 0.2) is 0 Å². The van der Waals surface area contributed by atoms with E-state index in [1.165, 1.54) is 4.68 Å². The third-order valence-electron chi connectivity index (χ3n) is 3.50. The lowest BCUT2D eigenvalue weighted by Crippen LogP contribution is -2.35. The first-order valence-electron chi connectivity index (χ1n) is 6.58. The Labute approximate surface area is 116 Å². The van der Waals surface area contributed by atoms with Crippen molar-refractivity contribution in [1.29, 1.82) is 0 Å². The summed E-state index contributed by atoms with van der Waals surface area (Å²) >= 11 is 0. The second-order valence-corrected chi connectivity index (χ2v) is 5.20. The molecule has 102 valence electrons. The third-order valence-corrected chi connectivity index (χ3v) is 3.50. The zero-order chi connectivity index (χ0) is 14.3. The van der Waals surface area contributed by atoms with Crippen LogP contribution in [0.25, 0.3) is 22.6 Å². The highest BCUT2D eigenvalue weighted by Crippen LogP contribution is 2.17. The van der Waals surface area contributed by atoms with E-state index >= 15 is 0 Å². The van der Waals surface area contributed by atoms with Crippen LogP contribution >= 0.6 is 0 Å². The van der Waals surface area contributed by atoms with Gasteiger partial charge in [-0.15, -0.1) is 0 Å². The molecule has 0 bridgehead atoms. The van der Waals surface area contributed by atoms with Gasteiger partial charge < -0.3 is 4.98 Å². The molecule has 0 saturated heterocycles. The second-order valence-electron chi connectivity index (χ2n) is 5.20. The molecule has 2 N–H and O–H groups in total. The van der Waals surface area contributed by atoms with Crippen LogP contribution in [0.4, 0.5) is 0 Å². The molecule has 4 nitrogen and oxygen atoms in total. The first kappa shape index (κ1) is 12.5. The summed E-state index contributed by atoms with van der Waals surface area (Å²) in [6.45, 7) is 4.00. The lowest BCUT2D eigenvalue weighted by Gasteiger charge is -1.90. The number of aromatic nitrogens is 3. The van der Waals surface area contributed by atoms with Crippen molar-refractivity contribution >= 4 is 22.6 Å². The fraction of sp³-hybridized carbons (Fsp3) is 0.188. The lowest BCUT2D eigenvalue weighted by molar-refractivity contribution is 0.730. The van der Waals surface area contributed by atoms with Gasteiger partial charge in [-0.2, -0.15) is 0 Å². The largest absolute Gasteiger partial charge is 0.361 e. The maximum Gasteiger partial charge on any atom is 0.274 e. The van der Waals surface area contributed by atoms with E-state index in [4.69, 9.17) is 0 Å². The van der Waals surface area contributed by atoms with Gasteiger partial charge in [0.2, 0.25) is 0 Å². The van der Waals surface area contributed by atoms with Crippen molar-refractivity contribution in [2.24, 2.45) is 7.05 Å². The van der Waals surface area contributed by atoms with Crippen LogP contribution in [0.1, 0.15) is 19.4 Å². The van der Waals surface area contributed by atoms with E-state index in [0.29, 0.717) is 5.22 Å². The molecular weight excluding hydrogens is 250 g/mol. The number of rotatable bonds is 1. The second kappa shape index (κ2) is 4.56. The third kappa shape index (κ3) is 1.90. The topological polar surface area (TPSA) is 53.6 Å². The number of aromatic amines is 2. The molecule has 3 aromatic rings. The highest BCUT2D eigenvalue weighted by molar-refractivity contribution is 5.88. The summed E-state index contributed by atoms with van der Waals surface area (Å²) in [5.74, 6) is 0. The van der Waals surface area contributed by atoms with Crippen LogP contribution in [-0.4, -0.2) is 14.8 Å². The lowest BCUT2D eigenvalue weighted by atomic mass is 10.1. The minimum atomic E-state index is -0.00789. The van der Waals surface area contributed by atoms with Crippen molar-refractivity contribution in [1.82, 2.24) is 14.8 Å². The monoisotopic (exact) mass is 267 g/mol. The first-order valence-corrected chi connectivity index (χ1v) is 6.58. The fourth-order valence-corrected chi connectivity index (χ4v) is 2.45. The highest BCUT2D eigenvalue weighted by atomic mass is 16.1. The number of para-hydroxylation sites is 1. The number of nitrogens with one attached hydrogen (secondary N) is 2. The van der Waals surface area contributed by atoms with Crippen molar-refractivity contribution in [3.05, 3.63) is 56.9 Å². The van der Waals surface area contributed by atoms with Crippen molar-refractivity contribution in [3.8, 4) is 0 Å².